The van der Waals surface area contributed by atoms with Gasteiger partial charge in [-0.2, -0.15) is 4.31 Å². The maximum atomic E-state index is 14.1. The van der Waals surface area contributed by atoms with E-state index < -0.39 is 20.7 Å². The van der Waals surface area contributed by atoms with E-state index in [4.69, 9.17) is 17.3 Å². The van der Waals surface area contributed by atoms with E-state index in [0.29, 0.717) is 6.54 Å². The van der Waals surface area contributed by atoms with Crippen molar-refractivity contribution in [2.24, 2.45) is 0 Å². The van der Waals surface area contributed by atoms with Crippen molar-refractivity contribution < 1.29 is 12.8 Å². The summed E-state index contributed by atoms with van der Waals surface area (Å²) in [6.07, 6.45) is 2.62. The highest BCUT2D eigenvalue weighted by atomic mass is 35.5. The normalized spacial score (nSPS) is 12.3. The molecule has 0 fully saturated rings. The van der Waals surface area contributed by atoms with E-state index in [1.165, 1.54) is 10.4 Å². The number of unbranched alkanes of at least 4 members (excludes halogenated alkanes) is 2. The highest BCUT2D eigenvalue weighted by molar-refractivity contribution is 7.89. The highest BCUT2D eigenvalue weighted by Crippen LogP contribution is 2.28. The van der Waals surface area contributed by atoms with Crippen molar-refractivity contribution in [1.29, 1.82) is 0 Å². The number of nitrogens with zero attached hydrogens (tertiary/aromatic N) is 1. The first-order valence-corrected chi connectivity index (χ1v) is 8.80. The number of benzene rings is 1. The number of hydrogen-bond donors (Lipinski definition) is 1. The molecule has 1 rings (SSSR count). The largest absolute Gasteiger partial charge is 0.396 e. The Balaban J connectivity index is 3.23. The second kappa shape index (κ2) is 7.42. The number of hydrogen-bond acceptors (Lipinski definition) is 3. The zero-order chi connectivity index (χ0) is 16.2. The number of nitrogen functional groups attached to an aromatic ring is 1. The van der Waals surface area contributed by atoms with E-state index in [9.17, 15) is 12.8 Å². The Labute approximate surface area is 131 Å². The molecule has 0 saturated heterocycles. The van der Waals surface area contributed by atoms with Crippen LogP contribution in [0.15, 0.2) is 17.0 Å². The van der Waals surface area contributed by atoms with Crippen LogP contribution in [0.4, 0.5) is 10.1 Å². The molecule has 0 aliphatic rings. The lowest BCUT2D eigenvalue weighted by Crippen LogP contribution is -2.38. The van der Waals surface area contributed by atoms with Gasteiger partial charge in [-0.25, -0.2) is 12.8 Å². The predicted molar refractivity (Wildman–Crippen MR) is 84.4 cm³/mol. The molecule has 0 unspecified atom stereocenters. The third-order valence-electron chi connectivity index (χ3n) is 3.18. The summed E-state index contributed by atoms with van der Waals surface area (Å²) in [6.45, 7) is 5.90. The van der Waals surface area contributed by atoms with Crippen molar-refractivity contribution in [3.63, 3.8) is 0 Å². The molecule has 2 N–H and O–H groups in total. The lowest BCUT2D eigenvalue weighted by molar-refractivity contribution is 0.344. The molecule has 0 saturated carbocycles. The van der Waals surface area contributed by atoms with E-state index in [1.807, 2.05) is 6.92 Å². The first-order chi connectivity index (χ1) is 9.71. The first-order valence-electron chi connectivity index (χ1n) is 6.98. The van der Waals surface area contributed by atoms with Crippen molar-refractivity contribution >= 4 is 27.3 Å². The van der Waals surface area contributed by atoms with Crippen LogP contribution < -0.4 is 5.73 Å². The fourth-order valence-corrected chi connectivity index (χ4v) is 4.16. The van der Waals surface area contributed by atoms with Gasteiger partial charge in [0.25, 0.3) is 0 Å². The Morgan fingerprint density at radius 3 is 2.48 bits per heavy atom. The Morgan fingerprint density at radius 2 is 1.95 bits per heavy atom. The maximum absolute atomic E-state index is 14.1. The molecule has 1 aromatic rings. The van der Waals surface area contributed by atoms with Gasteiger partial charge in [0.15, 0.2) is 5.82 Å². The van der Waals surface area contributed by atoms with Crippen molar-refractivity contribution in [3.8, 4) is 0 Å². The zero-order valence-electron chi connectivity index (χ0n) is 12.6. The molecule has 21 heavy (non-hydrogen) atoms. The molecule has 120 valence electrons. The van der Waals surface area contributed by atoms with E-state index in [0.717, 1.165) is 25.3 Å². The average molecular weight is 337 g/mol. The monoisotopic (exact) mass is 336 g/mol. The summed E-state index contributed by atoms with van der Waals surface area (Å²) >= 11 is 5.81. The summed E-state index contributed by atoms with van der Waals surface area (Å²) in [5, 5.41) is 0.102. The van der Waals surface area contributed by atoms with Gasteiger partial charge in [-0.3, -0.25) is 0 Å². The van der Waals surface area contributed by atoms with Gasteiger partial charge >= 0.3 is 0 Å². The van der Waals surface area contributed by atoms with Crippen LogP contribution in [0.3, 0.4) is 0 Å². The van der Waals surface area contributed by atoms with Crippen LogP contribution in [0.2, 0.25) is 5.02 Å². The minimum Gasteiger partial charge on any atom is -0.396 e. The number of halogens is 2. The molecule has 0 atom stereocenters. The van der Waals surface area contributed by atoms with Gasteiger partial charge in [-0.1, -0.05) is 31.4 Å². The Morgan fingerprint density at radius 1 is 1.33 bits per heavy atom. The third kappa shape index (κ3) is 4.31. The van der Waals surface area contributed by atoms with Gasteiger partial charge in [0.05, 0.1) is 5.69 Å². The molecule has 4 nitrogen and oxygen atoms in total. The first kappa shape index (κ1) is 18.2. The lowest BCUT2D eigenvalue weighted by atomic mass is 10.2. The van der Waals surface area contributed by atoms with Crippen molar-refractivity contribution in [1.82, 2.24) is 4.31 Å². The van der Waals surface area contributed by atoms with Gasteiger partial charge in [0.2, 0.25) is 10.0 Å². The molecule has 0 spiro atoms. The second-order valence-corrected chi connectivity index (χ2v) is 7.52. The molecule has 7 heteroatoms. The van der Waals surface area contributed by atoms with Crippen LogP contribution in [0.1, 0.15) is 40.0 Å². The van der Waals surface area contributed by atoms with Crippen LogP contribution in [-0.2, 0) is 10.0 Å². The lowest BCUT2D eigenvalue weighted by Gasteiger charge is -2.26. The molecule has 1 aromatic carbocycles. The van der Waals surface area contributed by atoms with Crippen LogP contribution in [0.25, 0.3) is 0 Å². The number of sulfonamides is 1. The third-order valence-corrected chi connectivity index (χ3v) is 5.47. The second-order valence-electron chi connectivity index (χ2n) is 5.22. The van der Waals surface area contributed by atoms with Crippen molar-refractivity contribution in [2.45, 2.75) is 51.0 Å². The van der Waals surface area contributed by atoms with Gasteiger partial charge in [-0.15, -0.1) is 0 Å². The molecule has 0 aliphatic heterocycles. The van der Waals surface area contributed by atoms with Gasteiger partial charge in [0.1, 0.15) is 4.90 Å². The summed E-state index contributed by atoms with van der Waals surface area (Å²) in [5.41, 5.74) is 5.21. The Hall–Kier alpha value is -0.850. The molecule has 0 aliphatic carbocycles. The summed E-state index contributed by atoms with van der Waals surface area (Å²) in [5.74, 6) is -0.944. The molecule has 0 aromatic heterocycles. The molecule has 0 bridgehead atoms. The van der Waals surface area contributed by atoms with Crippen LogP contribution in [0.5, 0.6) is 0 Å². The van der Waals surface area contributed by atoms with Crippen LogP contribution in [-0.4, -0.2) is 25.3 Å². The molecular weight excluding hydrogens is 315 g/mol. The fourth-order valence-electron chi connectivity index (χ4n) is 2.07. The Bertz CT molecular complexity index is 591. The van der Waals surface area contributed by atoms with Crippen molar-refractivity contribution in [2.75, 3.05) is 12.3 Å². The molecular formula is C14H22ClFN2O2S. The van der Waals surface area contributed by atoms with Crippen LogP contribution >= 0.6 is 11.6 Å². The fraction of sp³-hybridized carbons (Fsp3) is 0.571. The van der Waals surface area contributed by atoms with E-state index in [-0.39, 0.29) is 16.8 Å². The SMILES string of the molecule is CCCCCN(C(C)C)S(=O)(=O)c1cc(Cl)cc(N)c1F. The number of nitrogens with two attached hydrogens (primary N) is 1. The minimum atomic E-state index is -3.96. The van der Waals surface area contributed by atoms with E-state index in [1.54, 1.807) is 13.8 Å². The molecule has 0 radical (unpaired) electrons. The van der Waals surface area contributed by atoms with Gasteiger partial charge in [-0.05, 0) is 32.4 Å². The molecule has 0 heterocycles. The molecule has 0 amide bonds. The summed E-state index contributed by atoms with van der Waals surface area (Å²) in [7, 11) is -3.96. The van der Waals surface area contributed by atoms with Crippen LogP contribution in [0, 0.1) is 5.82 Å². The quantitative estimate of drug-likeness (QED) is 0.610. The summed E-state index contributed by atoms with van der Waals surface area (Å²) in [4.78, 5) is -0.460. The highest BCUT2D eigenvalue weighted by Gasteiger charge is 2.30. The average Bonchev–Trinajstić information content (AvgIpc) is 2.38. The minimum absolute atomic E-state index is 0.102. The Kier molecular flexibility index (Phi) is 6.43. The smallest absolute Gasteiger partial charge is 0.246 e. The zero-order valence-corrected chi connectivity index (χ0v) is 14.1. The van der Waals surface area contributed by atoms with Gasteiger partial charge < -0.3 is 5.73 Å². The predicted octanol–water partition coefficient (Wildman–Crippen LogP) is 3.65. The van der Waals surface area contributed by atoms with E-state index in [2.05, 4.69) is 0 Å². The topological polar surface area (TPSA) is 63.4 Å². The standard InChI is InChI=1S/C14H22ClFN2O2S/c1-4-5-6-7-18(10(2)3)21(19,20)13-9-11(15)8-12(17)14(13)16/h8-10H,4-7,17H2,1-3H3. The van der Waals surface area contributed by atoms with Crippen molar-refractivity contribution in [3.05, 3.63) is 23.0 Å². The summed E-state index contributed by atoms with van der Waals surface area (Å²) in [6, 6.07) is 2.04. The number of rotatable bonds is 7. The number of anilines is 1. The maximum Gasteiger partial charge on any atom is 0.246 e. The van der Waals surface area contributed by atoms with Gasteiger partial charge in [0, 0.05) is 17.6 Å². The summed E-state index contributed by atoms with van der Waals surface area (Å²) < 4.78 is 40.7. The van der Waals surface area contributed by atoms with E-state index >= 15 is 0 Å².